The highest BCUT2D eigenvalue weighted by Gasteiger charge is 2.15. The standard InChI is InChI=1S/C26H34FN3OS/c1-30-15-12-20(13-16-30)4-3-17-31-23-7-9-24(10-8-23)32-29-14-2-5-21-19-28-26-11-6-22(27)18-25(21)26/h6-11,18-20,28-29H,2-5,12-17H2,1H3. The molecule has 0 radical (unpaired) electrons. The van der Waals surface area contributed by atoms with Crippen LogP contribution in [0, 0.1) is 11.7 Å². The summed E-state index contributed by atoms with van der Waals surface area (Å²) >= 11 is 1.64. The van der Waals surface area contributed by atoms with Crippen LogP contribution < -0.4 is 9.46 Å². The number of nitrogens with zero attached hydrogens (tertiary/aromatic N) is 1. The summed E-state index contributed by atoms with van der Waals surface area (Å²) in [6.45, 7) is 4.17. The number of ether oxygens (including phenoxy) is 1. The van der Waals surface area contributed by atoms with Crippen LogP contribution in [0.15, 0.2) is 53.6 Å². The van der Waals surface area contributed by atoms with Gasteiger partial charge in [0.05, 0.1) is 6.61 Å². The smallest absolute Gasteiger partial charge is 0.123 e. The lowest BCUT2D eigenvalue weighted by Gasteiger charge is -2.28. The Labute approximate surface area is 195 Å². The van der Waals surface area contributed by atoms with Crippen molar-refractivity contribution in [2.75, 3.05) is 33.3 Å². The summed E-state index contributed by atoms with van der Waals surface area (Å²) < 4.78 is 22.8. The summed E-state index contributed by atoms with van der Waals surface area (Å²) in [6, 6.07) is 13.2. The molecule has 172 valence electrons. The first-order chi connectivity index (χ1) is 15.7. The molecule has 0 amide bonds. The Morgan fingerprint density at radius 2 is 1.94 bits per heavy atom. The molecule has 32 heavy (non-hydrogen) atoms. The molecule has 3 aromatic rings. The molecule has 2 aromatic carbocycles. The zero-order chi connectivity index (χ0) is 22.2. The SMILES string of the molecule is CN1CCC(CCCOc2ccc(SNCCCc3c[nH]c4ccc(F)cc34)cc2)CC1. The second-order valence-corrected chi connectivity index (χ2v) is 9.78. The van der Waals surface area contributed by atoms with Crippen molar-refractivity contribution >= 4 is 22.9 Å². The molecule has 1 fully saturated rings. The number of fused-ring (bicyclic) bond motifs is 1. The maximum atomic E-state index is 13.5. The van der Waals surface area contributed by atoms with E-state index in [1.54, 1.807) is 24.1 Å². The van der Waals surface area contributed by atoms with Gasteiger partial charge in [-0.3, -0.25) is 4.72 Å². The average molecular weight is 456 g/mol. The maximum absolute atomic E-state index is 13.5. The Morgan fingerprint density at radius 3 is 2.75 bits per heavy atom. The summed E-state index contributed by atoms with van der Waals surface area (Å²) in [5, 5.41) is 0.986. The molecule has 1 aromatic heterocycles. The van der Waals surface area contributed by atoms with Gasteiger partial charge in [-0.1, -0.05) is 0 Å². The van der Waals surface area contributed by atoms with E-state index in [2.05, 4.69) is 45.9 Å². The zero-order valence-electron chi connectivity index (χ0n) is 18.9. The van der Waals surface area contributed by atoms with Crippen LogP contribution in [0.5, 0.6) is 5.75 Å². The topological polar surface area (TPSA) is 40.3 Å². The Morgan fingerprint density at radius 1 is 1.12 bits per heavy atom. The van der Waals surface area contributed by atoms with E-state index in [0.29, 0.717) is 0 Å². The van der Waals surface area contributed by atoms with E-state index in [1.807, 2.05) is 6.20 Å². The zero-order valence-corrected chi connectivity index (χ0v) is 19.7. The van der Waals surface area contributed by atoms with Gasteiger partial charge in [0, 0.05) is 28.5 Å². The summed E-state index contributed by atoms with van der Waals surface area (Å²) in [5.74, 6) is 1.64. The van der Waals surface area contributed by atoms with Gasteiger partial charge in [-0.05, 0) is 125 Å². The summed E-state index contributed by atoms with van der Waals surface area (Å²) in [6.07, 6.45) is 8.97. The van der Waals surface area contributed by atoms with E-state index in [4.69, 9.17) is 4.74 Å². The number of benzene rings is 2. The van der Waals surface area contributed by atoms with Gasteiger partial charge < -0.3 is 14.6 Å². The van der Waals surface area contributed by atoms with Gasteiger partial charge in [-0.25, -0.2) is 4.39 Å². The first kappa shape index (κ1) is 23.1. The van der Waals surface area contributed by atoms with Crippen molar-refractivity contribution in [1.29, 1.82) is 0 Å². The molecule has 4 rings (SSSR count). The lowest BCUT2D eigenvalue weighted by Crippen LogP contribution is -2.30. The number of nitrogens with one attached hydrogen (secondary N) is 2. The predicted molar refractivity (Wildman–Crippen MR) is 132 cm³/mol. The van der Waals surface area contributed by atoms with E-state index < -0.39 is 0 Å². The number of hydrogen-bond donors (Lipinski definition) is 2. The van der Waals surface area contributed by atoms with Gasteiger partial charge in [0.15, 0.2) is 0 Å². The van der Waals surface area contributed by atoms with Crippen LogP contribution in [0.1, 0.15) is 37.7 Å². The number of H-pyrrole nitrogens is 1. The Hall–Kier alpha value is -2.02. The van der Waals surface area contributed by atoms with E-state index >= 15 is 0 Å². The predicted octanol–water partition coefficient (Wildman–Crippen LogP) is 6.04. The molecule has 6 heteroatoms. The number of hydrogen-bond acceptors (Lipinski definition) is 4. The molecule has 0 unspecified atom stereocenters. The third-order valence-electron chi connectivity index (χ3n) is 6.33. The van der Waals surface area contributed by atoms with Crippen molar-refractivity contribution in [2.24, 2.45) is 5.92 Å². The van der Waals surface area contributed by atoms with E-state index in [9.17, 15) is 4.39 Å². The fraction of sp³-hybridized carbons (Fsp3) is 0.462. The van der Waals surface area contributed by atoms with Crippen LogP contribution in [0.3, 0.4) is 0 Å². The van der Waals surface area contributed by atoms with Crippen LogP contribution in [0.4, 0.5) is 4.39 Å². The molecule has 4 nitrogen and oxygen atoms in total. The summed E-state index contributed by atoms with van der Waals surface area (Å²) in [4.78, 5) is 6.82. The highest BCUT2D eigenvalue weighted by Crippen LogP contribution is 2.23. The molecule has 1 aliphatic rings. The summed E-state index contributed by atoms with van der Waals surface area (Å²) in [5.41, 5.74) is 2.16. The van der Waals surface area contributed by atoms with Crippen molar-refractivity contribution < 1.29 is 9.13 Å². The maximum Gasteiger partial charge on any atom is 0.123 e. The Bertz CT molecular complexity index is 967. The van der Waals surface area contributed by atoms with Gasteiger partial charge in [-0.15, -0.1) is 0 Å². The van der Waals surface area contributed by atoms with Gasteiger partial charge in [0.25, 0.3) is 0 Å². The number of halogens is 1. The number of aromatic nitrogens is 1. The van der Waals surface area contributed by atoms with Crippen LogP contribution in [0.25, 0.3) is 10.9 Å². The number of likely N-dealkylation sites (tertiary alicyclic amines) is 1. The fourth-order valence-electron chi connectivity index (χ4n) is 4.36. The third-order valence-corrected chi connectivity index (χ3v) is 7.19. The molecular weight excluding hydrogens is 421 g/mol. The average Bonchev–Trinajstić information content (AvgIpc) is 3.20. The molecule has 0 saturated carbocycles. The van der Waals surface area contributed by atoms with Crippen molar-refractivity contribution in [2.45, 2.75) is 43.4 Å². The van der Waals surface area contributed by atoms with Crippen molar-refractivity contribution in [1.82, 2.24) is 14.6 Å². The molecule has 0 bridgehead atoms. The molecule has 2 N–H and O–H groups in total. The molecule has 0 spiro atoms. The largest absolute Gasteiger partial charge is 0.494 e. The minimum absolute atomic E-state index is 0.184. The highest BCUT2D eigenvalue weighted by atomic mass is 32.2. The van der Waals surface area contributed by atoms with E-state index in [0.717, 1.165) is 55.0 Å². The fourth-order valence-corrected chi connectivity index (χ4v) is 5.04. The molecular formula is C26H34FN3OS. The van der Waals surface area contributed by atoms with Gasteiger partial charge in [-0.2, -0.15) is 0 Å². The molecule has 2 heterocycles. The minimum Gasteiger partial charge on any atom is -0.494 e. The van der Waals surface area contributed by atoms with Crippen molar-refractivity contribution in [3.63, 3.8) is 0 Å². The first-order valence-corrected chi connectivity index (χ1v) is 12.6. The van der Waals surface area contributed by atoms with Crippen LogP contribution in [0.2, 0.25) is 0 Å². The van der Waals surface area contributed by atoms with Gasteiger partial charge >= 0.3 is 0 Å². The van der Waals surface area contributed by atoms with E-state index in [-0.39, 0.29) is 5.82 Å². The highest BCUT2D eigenvalue weighted by molar-refractivity contribution is 7.97. The van der Waals surface area contributed by atoms with Crippen LogP contribution in [-0.4, -0.2) is 43.2 Å². The number of aryl methyl sites for hydroxylation is 1. The molecule has 0 atom stereocenters. The van der Waals surface area contributed by atoms with Gasteiger partial charge in [0.2, 0.25) is 0 Å². The number of aromatic amines is 1. The van der Waals surface area contributed by atoms with Crippen LogP contribution >= 0.6 is 11.9 Å². The first-order valence-electron chi connectivity index (χ1n) is 11.7. The lowest BCUT2D eigenvalue weighted by atomic mass is 9.93. The van der Waals surface area contributed by atoms with Crippen molar-refractivity contribution in [3.8, 4) is 5.75 Å². The van der Waals surface area contributed by atoms with Gasteiger partial charge in [0.1, 0.15) is 11.6 Å². The quantitative estimate of drug-likeness (QED) is 0.273. The monoisotopic (exact) mass is 455 g/mol. The summed E-state index contributed by atoms with van der Waals surface area (Å²) in [7, 11) is 2.21. The number of piperidine rings is 1. The lowest BCUT2D eigenvalue weighted by molar-refractivity contribution is 0.200. The second-order valence-electron chi connectivity index (χ2n) is 8.81. The molecule has 0 aliphatic carbocycles. The third kappa shape index (κ3) is 6.74. The number of rotatable bonds is 11. The van der Waals surface area contributed by atoms with Crippen LogP contribution in [-0.2, 0) is 6.42 Å². The Kier molecular flexibility index (Phi) is 8.49. The molecule has 1 saturated heterocycles. The minimum atomic E-state index is -0.184. The van der Waals surface area contributed by atoms with E-state index in [1.165, 1.54) is 48.9 Å². The molecule has 1 aliphatic heterocycles. The normalized spacial score (nSPS) is 15.4. The second kappa shape index (κ2) is 11.7. The Balaban J connectivity index is 1.10. The van der Waals surface area contributed by atoms with Crippen molar-refractivity contribution in [3.05, 3.63) is 60.0 Å².